The van der Waals surface area contributed by atoms with E-state index in [0.717, 1.165) is 0 Å². The fourth-order valence-electron chi connectivity index (χ4n) is 2.82. The predicted octanol–water partition coefficient (Wildman–Crippen LogP) is 2.93. The SMILES string of the molecule is CC(Sc1ccc(S(=O)(=O)N2CCN(C)CC2)cn1)C(=O)Nc1ccc(F)c(Cl)c1. The first kappa shape index (κ1) is 23.0. The van der Waals surface area contributed by atoms with Gasteiger partial charge in [-0.15, -0.1) is 0 Å². The number of anilines is 1. The van der Waals surface area contributed by atoms with Crippen LogP contribution in [0.15, 0.2) is 46.5 Å². The number of carbonyl (C=O) groups excluding carboxylic acids is 1. The maximum atomic E-state index is 13.2. The van der Waals surface area contributed by atoms with E-state index in [1.807, 2.05) is 7.05 Å². The Kier molecular flexibility index (Phi) is 7.35. The third kappa shape index (κ3) is 5.50. The lowest BCUT2D eigenvalue weighted by Crippen LogP contribution is -2.47. The van der Waals surface area contributed by atoms with Gasteiger partial charge in [0.05, 0.1) is 15.3 Å². The van der Waals surface area contributed by atoms with Crippen LogP contribution in [0.5, 0.6) is 0 Å². The van der Waals surface area contributed by atoms with Crippen LogP contribution in [0, 0.1) is 5.82 Å². The number of rotatable bonds is 6. The molecule has 2 heterocycles. The minimum atomic E-state index is -3.58. The van der Waals surface area contributed by atoms with Crippen molar-refractivity contribution in [3.05, 3.63) is 47.4 Å². The number of benzene rings is 1. The van der Waals surface area contributed by atoms with Crippen molar-refractivity contribution in [3.8, 4) is 0 Å². The second kappa shape index (κ2) is 9.61. The Bertz CT molecular complexity index is 1010. The largest absolute Gasteiger partial charge is 0.325 e. The van der Waals surface area contributed by atoms with Crippen LogP contribution in [-0.4, -0.2) is 67.0 Å². The first-order valence-electron chi connectivity index (χ1n) is 9.24. The molecular weight excluding hydrogens is 451 g/mol. The van der Waals surface area contributed by atoms with Gasteiger partial charge in [0.2, 0.25) is 15.9 Å². The van der Waals surface area contributed by atoms with Crippen LogP contribution in [0.1, 0.15) is 6.92 Å². The summed E-state index contributed by atoms with van der Waals surface area (Å²) in [5, 5.41) is 2.60. The van der Waals surface area contributed by atoms with Crippen molar-refractivity contribution in [1.29, 1.82) is 0 Å². The maximum absolute atomic E-state index is 13.2. The molecule has 3 rings (SSSR count). The van der Waals surface area contributed by atoms with Crippen LogP contribution in [-0.2, 0) is 14.8 Å². The number of pyridine rings is 1. The number of hydrogen-bond donors (Lipinski definition) is 1. The van der Waals surface area contributed by atoms with E-state index in [1.54, 1.807) is 13.0 Å². The zero-order chi connectivity index (χ0) is 21.9. The van der Waals surface area contributed by atoms with Gasteiger partial charge < -0.3 is 10.2 Å². The maximum Gasteiger partial charge on any atom is 0.244 e. The van der Waals surface area contributed by atoms with E-state index in [-0.39, 0.29) is 15.8 Å². The smallest absolute Gasteiger partial charge is 0.244 e. The van der Waals surface area contributed by atoms with Gasteiger partial charge in [-0.3, -0.25) is 4.79 Å². The van der Waals surface area contributed by atoms with Gasteiger partial charge in [-0.25, -0.2) is 17.8 Å². The van der Waals surface area contributed by atoms with E-state index in [1.165, 1.54) is 46.5 Å². The molecule has 0 spiro atoms. The van der Waals surface area contributed by atoms with Gasteiger partial charge in [-0.2, -0.15) is 4.31 Å². The van der Waals surface area contributed by atoms with Crippen LogP contribution in [0.25, 0.3) is 0 Å². The summed E-state index contributed by atoms with van der Waals surface area (Å²) in [6.07, 6.45) is 1.32. The van der Waals surface area contributed by atoms with E-state index in [4.69, 9.17) is 11.6 Å². The second-order valence-corrected chi connectivity index (χ2v) is 10.6. The molecule has 30 heavy (non-hydrogen) atoms. The average Bonchev–Trinajstić information content (AvgIpc) is 2.71. The number of piperazine rings is 1. The molecule has 0 aliphatic carbocycles. The number of hydrogen-bond acceptors (Lipinski definition) is 6. The molecule has 1 aliphatic heterocycles. The number of thioether (sulfide) groups is 1. The van der Waals surface area contributed by atoms with Gasteiger partial charge in [-0.1, -0.05) is 23.4 Å². The summed E-state index contributed by atoms with van der Waals surface area (Å²) in [6, 6.07) is 7.03. The highest BCUT2D eigenvalue weighted by molar-refractivity contribution is 8.00. The van der Waals surface area contributed by atoms with Gasteiger partial charge in [0.15, 0.2) is 0 Å². The van der Waals surface area contributed by atoms with E-state index < -0.39 is 21.1 Å². The Morgan fingerprint density at radius 1 is 1.23 bits per heavy atom. The number of halogens is 2. The Labute approximate surface area is 184 Å². The molecule has 0 radical (unpaired) electrons. The molecule has 1 aliphatic rings. The third-order valence-electron chi connectivity index (χ3n) is 4.66. The summed E-state index contributed by atoms with van der Waals surface area (Å²) in [5.74, 6) is -0.869. The number of carbonyl (C=O) groups is 1. The monoisotopic (exact) mass is 472 g/mol. The molecule has 1 amide bonds. The number of aromatic nitrogens is 1. The van der Waals surface area contributed by atoms with Gasteiger partial charge in [-0.05, 0) is 44.3 Å². The quantitative estimate of drug-likeness (QED) is 0.651. The van der Waals surface area contributed by atoms with Gasteiger partial charge in [0.25, 0.3) is 0 Å². The molecule has 1 unspecified atom stereocenters. The number of amides is 1. The molecule has 162 valence electrons. The Balaban J connectivity index is 1.61. The van der Waals surface area contributed by atoms with Crippen molar-refractivity contribution >= 4 is 45.0 Å². The third-order valence-corrected chi connectivity index (χ3v) is 7.89. The molecule has 1 atom stereocenters. The molecule has 7 nitrogen and oxygen atoms in total. The lowest BCUT2D eigenvalue weighted by Gasteiger charge is -2.31. The molecule has 1 N–H and O–H groups in total. The minimum absolute atomic E-state index is 0.0769. The Morgan fingerprint density at radius 2 is 1.93 bits per heavy atom. The standard InChI is InChI=1S/C19H22ClFN4O3S2/c1-13(19(26)23-14-3-5-17(21)16(20)11-14)29-18-6-4-15(12-22-18)30(27,28)25-9-7-24(2)8-10-25/h3-6,11-13H,7-10H2,1-2H3,(H,23,26). The molecule has 1 fully saturated rings. The van der Waals surface area contributed by atoms with Crippen LogP contribution < -0.4 is 5.32 Å². The molecule has 1 aromatic carbocycles. The van der Waals surface area contributed by atoms with E-state index in [0.29, 0.717) is 36.9 Å². The topological polar surface area (TPSA) is 82.6 Å². The zero-order valence-corrected chi connectivity index (χ0v) is 18.9. The average molecular weight is 473 g/mol. The van der Waals surface area contributed by atoms with Crippen LogP contribution >= 0.6 is 23.4 Å². The van der Waals surface area contributed by atoms with Crippen molar-refractivity contribution in [2.24, 2.45) is 0 Å². The molecule has 2 aromatic rings. The van der Waals surface area contributed by atoms with Gasteiger partial charge >= 0.3 is 0 Å². The first-order valence-corrected chi connectivity index (χ1v) is 11.9. The number of sulfonamides is 1. The van der Waals surface area contributed by atoms with Crippen molar-refractivity contribution in [2.45, 2.75) is 22.1 Å². The summed E-state index contributed by atoms with van der Waals surface area (Å²) >= 11 is 6.91. The van der Waals surface area contributed by atoms with Crippen molar-refractivity contribution in [2.75, 3.05) is 38.5 Å². The fraction of sp³-hybridized carbons (Fsp3) is 0.368. The summed E-state index contributed by atoms with van der Waals surface area (Å²) < 4.78 is 40.2. The Morgan fingerprint density at radius 3 is 2.53 bits per heavy atom. The summed E-state index contributed by atoms with van der Waals surface area (Å²) in [7, 11) is -1.62. The lowest BCUT2D eigenvalue weighted by molar-refractivity contribution is -0.115. The molecule has 11 heteroatoms. The number of nitrogens with one attached hydrogen (secondary N) is 1. The molecule has 1 aromatic heterocycles. The van der Waals surface area contributed by atoms with E-state index in [2.05, 4.69) is 15.2 Å². The van der Waals surface area contributed by atoms with E-state index >= 15 is 0 Å². The Hall–Kier alpha value is -1.72. The highest BCUT2D eigenvalue weighted by Crippen LogP contribution is 2.25. The lowest BCUT2D eigenvalue weighted by atomic mass is 10.3. The summed E-state index contributed by atoms with van der Waals surface area (Å²) in [6.45, 7) is 3.96. The van der Waals surface area contributed by atoms with Gasteiger partial charge in [0.1, 0.15) is 10.7 Å². The number of likely N-dealkylation sites (N-methyl/N-ethyl adjacent to an activating group) is 1. The highest BCUT2D eigenvalue weighted by atomic mass is 35.5. The highest BCUT2D eigenvalue weighted by Gasteiger charge is 2.27. The van der Waals surface area contributed by atoms with Crippen molar-refractivity contribution in [3.63, 3.8) is 0 Å². The van der Waals surface area contributed by atoms with Crippen LogP contribution in [0.4, 0.5) is 10.1 Å². The normalized spacial score (nSPS) is 16.9. The predicted molar refractivity (Wildman–Crippen MR) is 116 cm³/mol. The zero-order valence-electron chi connectivity index (χ0n) is 16.5. The first-order chi connectivity index (χ1) is 14.2. The van der Waals surface area contributed by atoms with Crippen LogP contribution in [0.2, 0.25) is 5.02 Å². The minimum Gasteiger partial charge on any atom is -0.325 e. The molecule has 1 saturated heterocycles. The van der Waals surface area contributed by atoms with Crippen molar-refractivity contribution in [1.82, 2.24) is 14.2 Å². The summed E-state index contributed by atoms with van der Waals surface area (Å²) in [4.78, 5) is 18.8. The van der Waals surface area contributed by atoms with E-state index in [9.17, 15) is 17.6 Å². The molecule has 0 saturated carbocycles. The fourth-order valence-corrected chi connectivity index (χ4v) is 5.16. The number of nitrogens with zero attached hydrogens (tertiary/aromatic N) is 3. The molecular formula is C19H22ClFN4O3S2. The molecule has 0 bridgehead atoms. The van der Waals surface area contributed by atoms with Crippen molar-refractivity contribution < 1.29 is 17.6 Å². The summed E-state index contributed by atoms with van der Waals surface area (Å²) in [5.41, 5.74) is 0.389. The van der Waals surface area contributed by atoms with Gasteiger partial charge in [0, 0.05) is 38.1 Å². The second-order valence-electron chi connectivity index (χ2n) is 6.92. The van der Waals surface area contributed by atoms with Crippen LogP contribution in [0.3, 0.4) is 0 Å².